The van der Waals surface area contributed by atoms with Crippen LogP contribution in [-0.2, 0) is 6.54 Å². The van der Waals surface area contributed by atoms with Gasteiger partial charge >= 0.3 is 6.10 Å². The van der Waals surface area contributed by atoms with E-state index in [4.69, 9.17) is 21.0 Å². The van der Waals surface area contributed by atoms with Crippen LogP contribution in [-0.4, -0.2) is 79.9 Å². The Morgan fingerprint density at radius 2 is 1.65 bits per heavy atom. The summed E-state index contributed by atoms with van der Waals surface area (Å²) in [6.45, 7) is 1.87. The highest BCUT2D eigenvalue weighted by molar-refractivity contribution is 5.84. The fourth-order valence-corrected chi connectivity index (χ4v) is 6.10. The Morgan fingerprint density at radius 3 is 2.35 bits per heavy atom. The van der Waals surface area contributed by atoms with Crippen molar-refractivity contribution >= 4 is 22.9 Å². The summed E-state index contributed by atoms with van der Waals surface area (Å²) in [5.41, 5.74) is 12.2. The van der Waals surface area contributed by atoms with Gasteiger partial charge in [-0.3, -0.25) is 14.4 Å². The standard InChI is InChI=1S/C34H31N11O3/c35-19-29-38-21-39-33(42-29)45(34(46,47)48)25-14-17-43(18-15-25)20-22-8-10-24(11-9-22)44-31(26-7-4-16-37-30(26)36)41-28-13-12-27(40-32(28)44)23-5-2-1-3-6-23/h1-13,16,21,25,46-48H,14-15,17-18,20H2,(H2,36,37). The first kappa shape index (κ1) is 30.8. The van der Waals surface area contributed by atoms with Gasteiger partial charge in [0.2, 0.25) is 11.8 Å². The fourth-order valence-electron chi connectivity index (χ4n) is 6.10. The van der Waals surface area contributed by atoms with E-state index in [2.05, 4.69) is 37.0 Å². The molecule has 6 aromatic rings. The molecular formula is C34H31N11O3. The Hall–Kier alpha value is -5.85. The largest absolute Gasteiger partial charge is 0.383 e. The van der Waals surface area contributed by atoms with Crippen LogP contribution < -0.4 is 10.6 Å². The van der Waals surface area contributed by atoms with Crippen LogP contribution in [0.2, 0.25) is 0 Å². The molecule has 2 aromatic carbocycles. The van der Waals surface area contributed by atoms with E-state index in [-0.39, 0.29) is 11.8 Å². The zero-order chi connectivity index (χ0) is 33.3. The third-order valence-corrected chi connectivity index (χ3v) is 8.37. The normalized spacial score (nSPS) is 14.2. The summed E-state index contributed by atoms with van der Waals surface area (Å²) in [5, 5.41) is 39.5. The number of nitrogens with two attached hydrogens (primary N) is 1. The van der Waals surface area contributed by atoms with Crippen molar-refractivity contribution in [3.05, 3.63) is 103 Å². The number of nitriles is 1. The number of rotatable bonds is 8. The van der Waals surface area contributed by atoms with Gasteiger partial charge < -0.3 is 21.1 Å². The van der Waals surface area contributed by atoms with Crippen molar-refractivity contribution in [2.75, 3.05) is 23.7 Å². The third kappa shape index (κ3) is 6.14. The Labute approximate surface area is 275 Å². The average molecular weight is 642 g/mol. The van der Waals surface area contributed by atoms with Gasteiger partial charge in [-0.25, -0.2) is 24.9 Å². The van der Waals surface area contributed by atoms with Crippen LogP contribution in [0.15, 0.2) is 91.4 Å². The number of fused-ring (bicyclic) bond motifs is 1. The Balaban J connectivity index is 1.13. The van der Waals surface area contributed by atoms with Gasteiger partial charge in [-0.2, -0.15) is 10.2 Å². The number of nitrogen functional groups attached to an aromatic ring is 1. The Morgan fingerprint density at radius 1 is 0.875 bits per heavy atom. The van der Waals surface area contributed by atoms with Crippen LogP contribution in [0.4, 0.5) is 11.8 Å². The summed E-state index contributed by atoms with van der Waals surface area (Å²) in [7, 11) is 0. The fraction of sp³-hybridized carbons (Fsp3) is 0.206. The van der Waals surface area contributed by atoms with Crippen molar-refractivity contribution in [1.29, 1.82) is 5.26 Å². The predicted octanol–water partition coefficient (Wildman–Crippen LogP) is 2.85. The lowest BCUT2D eigenvalue weighted by Gasteiger charge is -2.41. The second-order valence-electron chi connectivity index (χ2n) is 11.5. The number of aromatic nitrogens is 7. The van der Waals surface area contributed by atoms with Gasteiger partial charge in [0, 0.05) is 43.1 Å². The number of hydrogen-bond donors (Lipinski definition) is 4. The molecule has 0 spiro atoms. The highest BCUT2D eigenvalue weighted by Crippen LogP contribution is 2.32. The van der Waals surface area contributed by atoms with Gasteiger partial charge in [0.1, 0.15) is 23.7 Å². The van der Waals surface area contributed by atoms with E-state index in [1.54, 1.807) is 12.3 Å². The number of imidazole rings is 1. The summed E-state index contributed by atoms with van der Waals surface area (Å²) < 4.78 is 2.00. The number of likely N-dealkylation sites (tertiary alicyclic amines) is 1. The molecule has 7 rings (SSSR count). The minimum Gasteiger partial charge on any atom is -0.383 e. The summed E-state index contributed by atoms with van der Waals surface area (Å²) in [4.78, 5) is 29.0. The zero-order valence-corrected chi connectivity index (χ0v) is 25.7. The number of piperidine rings is 1. The SMILES string of the molecule is N#Cc1ncnc(N(C2CCN(Cc3ccc(-n4c(-c5cccnc5N)nc5ccc(-c6ccccc6)nc54)cc3)CC2)C(O)(O)O)n1. The maximum atomic E-state index is 10.1. The second kappa shape index (κ2) is 12.7. The summed E-state index contributed by atoms with van der Waals surface area (Å²) >= 11 is 0. The van der Waals surface area contributed by atoms with Crippen LogP contribution in [0.3, 0.4) is 0 Å². The molecule has 0 atom stereocenters. The highest BCUT2D eigenvalue weighted by atomic mass is 16.7. The second-order valence-corrected chi connectivity index (χ2v) is 11.5. The van der Waals surface area contributed by atoms with Crippen LogP contribution in [0.25, 0.3) is 39.5 Å². The van der Waals surface area contributed by atoms with E-state index in [1.165, 1.54) is 0 Å². The van der Waals surface area contributed by atoms with E-state index >= 15 is 0 Å². The van der Waals surface area contributed by atoms with Crippen molar-refractivity contribution in [1.82, 2.24) is 39.4 Å². The topological polar surface area (TPSA) is 199 Å². The molecule has 1 aliphatic heterocycles. The molecule has 240 valence electrons. The maximum absolute atomic E-state index is 10.1. The highest BCUT2D eigenvalue weighted by Gasteiger charge is 2.39. The lowest BCUT2D eigenvalue weighted by Crippen LogP contribution is -2.57. The number of pyridine rings is 2. The van der Waals surface area contributed by atoms with Crippen LogP contribution in [0.1, 0.15) is 24.2 Å². The molecule has 5 heterocycles. The molecule has 0 bridgehead atoms. The van der Waals surface area contributed by atoms with Crippen LogP contribution >= 0.6 is 0 Å². The summed E-state index contributed by atoms with van der Waals surface area (Å²) in [6.07, 6.45) is 0.517. The van der Waals surface area contributed by atoms with Gasteiger partial charge in [0.25, 0.3) is 0 Å². The molecule has 0 radical (unpaired) electrons. The van der Waals surface area contributed by atoms with Gasteiger partial charge in [-0.1, -0.05) is 42.5 Å². The molecule has 1 saturated heterocycles. The Bertz CT molecular complexity index is 2100. The number of benzene rings is 2. The quantitative estimate of drug-likeness (QED) is 0.177. The lowest BCUT2D eigenvalue weighted by atomic mass is 10.0. The number of aliphatic hydroxyl groups is 3. The van der Waals surface area contributed by atoms with Crippen molar-refractivity contribution in [2.24, 2.45) is 0 Å². The minimum absolute atomic E-state index is 0.187. The molecule has 1 aliphatic rings. The molecule has 14 nitrogen and oxygen atoms in total. The summed E-state index contributed by atoms with van der Waals surface area (Å²) in [6, 6.07) is 27.1. The van der Waals surface area contributed by atoms with E-state index in [0.717, 1.165) is 39.3 Å². The molecule has 14 heteroatoms. The summed E-state index contributed by atoms with van der Waals surface area (Å²) in [5.74, 6) is 0.633. The van der Waals surface area contributed by atoms with Crippen molar-refractivity contribution < 1.29 is 15.3 Å². The van der Waals surface area contributed by atoms with E-state index in [0.29, 0.717) is 55.3 Å². The van der Waals surface area contributed by atoms with Crippen LogP contribution in [0, 0.1) is 11.3 Å². The third-order valence-electron chi connectivity index (χ3n) is 8.37. The van der Waals surface area contributed by atoms with E-state index in [9.17, 15) is 15.3 Å². The average Bonchev–Trinajstić information content (AvgIpc) is 3.48. The van der Waals surface area contributed by atoms with E-state index < -0.39 is 12.1 Å². The van der Waals surface area contributed by atoms with Gasteiger partial charge in [-0.05, 0) is 54.8 Å². The number of nitrogens with zero attached hydrogens (tertiary/aromatic N) is 10. The molecule has 0 amide bonds. The molecule has 4 aromatic heterocycles. The van der Waals surface area contributed by atoms with Gasteiger partial charge in [-0.15, -0.1) is 0 Å². The number of hydrogen-bond acceptors (Lipinski definition) is 13. The Kier molecular flexibility index (Phi) is 8.17. The molecular weight excluding hydrogens is 610 g/mol. The monoisotopic (exact) mass is 641 g/mol. The molecule has 5 N–H and O–H groups in total. The molecule has 48 heavy (non-hydrogen) atoms. The predicted molar refractivity (Wildman–Crippen MR) is 177 cm³/mol. The zero-order valence-electron chi connectivity index (χ0n) is 25.7. The molecule has 0 saturated carbocycles. The molecule has 0 unspecified atom stereocenters. The molecule has 1 fully saturated rings. The smallest absolute Gasteiger partial charge is 0.372 e. The maximum Gasteiger partial charge on any atom is 0.372 e. The molecule has 0 aliphatic carbocycles. The van der Waals surface area contributed by atoms with Crippen molar-refractivity contribution in [2.45, 2.75) is 31.5 Å². The first-order valence-corrected chi connectivity index (χ1v) is 15.3. The lowest BCUT2D eigenvalue weighted by molar-refractivity contribution is -0.314. The van der Waals surface area contributed by atoms with Crippen molar-refractivity contribution in [3.63, 3.8) is 0 Å². The van der Waals surface area contributed by atoms with Crippen LogP contribution in [0.5, 0.6) is 0 Å². The first-order valence-electron chi connectivity index (χ1n) is 15.3. The number of anilines is 2. The van der Waals surface area contributed by atoms with Crippen molar-refractivity contribution in [3.8, 4) is 34.4 Å². The van der Waals surface area contributed by atoms with Gasteiger partial charge in [0.15, 0.2) is 11.5 Å². The first-order chi connectivity index (χ1) is 23.3. The van der Waals surface area contributed by atoms with Gasteiger partial charge in [0.05, 0.1) is 11.3 Å². The van der Waals surface area contributed by atoms with E-state index in [1.807, 2.05) is 71.3 Å². The minimum atomic E-state index is -3.20.